The molecule has 0 aliphatic rings. The molecule has 0 aromatic heterocycles. The lowest BCUT2D eigenvalue weighted by Gasteiger charge is -2.35. The van der Waals surface area contributed by atoms with E-state index in [0.29, 0.717) is 6.42 Å². The molecule has 1 unspecified atom stereocenters. The Morgan fingerprint density at radius 2 is 1.68 bits per heavy atom. The van der Waals surface area contributed by atoms with Crippen molar-refractivity contribution in [2.24, 2.45) is 0 Å². The Morgan fingerprint density at radius 1 is 1.11 bits per heavy atom. The van der Waals surface area contributed by atoms with Crippen LogP contribution in [0, 0.1) is 0 Å². The quantitative estimate of drug-likeness (QED) is 0.353. The number of hydrogen-bond acceptors (Lipinski definition) is 2. The molecular formula is C12H13Cl5S2. The average Bonchev–Trinajstić information content (AvgIpc) is 2.38. The third-order valence-corrected chi connectivity index (χ3v) is 9.05. The predicted octanol–water partition coefficient (Wildman–Crippen LogP) is 7.14. The first kappa shape index (κ1) is 18.4. The van der Waals surface area contributed by atoms with Gasteiger partial charge in [-0.1, -0.05) is 88.7 Å². The second-order valence-corrected chi connectivity index (χ2v) is 9.98. The van der Waals surface area contributed by atoms with Crippen molar-refractivity contribution in [2.75, 3.05) is 0 Å². The van der Waals surface area contributed by atoms with Gasteiger partial charge >= 0.3 is 0 Å². The monoisotopic (exact) mass is 396 g/mol. The largest absolute Gasteiger partial charge is 0.207 e. The summed E-state index contributed by atoms with van der Waals surface area (Å²) >= 11 is 31.2. The molecule has 108 valence electrons. The van der Waals surface area contributed by atoms with Crippen LogP contribution in [-0.2, 0) is 0 Å². The Bertz CT molecular complexity index is 383. The summed E-state index contributed by atoms with van der Waals surface area (Å²) in [5.41, 5.74) is 0. The summed E-state index contributed by atoms with van der Waals surface area (Å²) in [5.74, 6) is 0. The third kappa shape index (κ3) is 5.25. The summed E-state index contributed by atoms with van der Waals surface area (Å²) in [6, 6.07) is 9.71. The van der Waals surface area contributed by atoms with E-state index >= 15 is 0 Å². The van der Waals surface area contributed by atoms with Crippen LogP contribution in [0.25, 0.3) is 0 Å². The molecule has 0 aliphatic carbocycles. The van der Waals surface area contributed by atoms with Crippen molar-refractivity contribution in [3.8, 4) is 0 Å². The zero-order valence-electron chi connectivity index (χ0n) is 10.1. The molecule has 0 aliphatic heterocycles. The molecule has 7 heteroatoms. The highest BCUT2D eigenvalue weighted by molar-refractivity contribution is 8.77. The van der Waals surface area contributed by atoms with Gasteiger partial charge in [0.15, 0.2) is 4.33 Å². The van der Waals surface area contributed by atoms with E-state index in [-0.39, 0.29) is 0 Å². The molecule has 0 saturated heterocycles. The van der Waals surface area contributed by atoms with Crippen molar-refractivity contribution in [3.05, 3.63) is 30.3 Å². The van der Waals surface area contributed by atoms with Crippen molar-refractivity contribution >= 4 is 79.6 Å². The zero-order valence-corrected chi connectivity index (χ0v) is 15.5. The molecule has 1 atom stereocenters. The second-order valence-electron chi connectivity index (χ2n) is 3.88. The normalized spacial score (nSPS) is 14.4. The summed E-state index contributed by atoms with van der Waals surface area (Å²) in [5, 5.41) is -0.514. The maximum absolute atomic E-state index is 6.27. The number of halogens is 5. The van der Waals surface area contributed by atoms with Gasteiger partial charge < -0.3 is 0 Å². The van der Waals surface area contributed by atoms with Crippen LogP contribution in [0.3, 0.4) is 0 Å². The van der Waals surface area contributed by atoms with Crippen molar-refractivity contribution in [2.45, 2.75) is 38.0 Å². The molecule has 0 amide bonds. The van der Waals surface area contributed by atoms with E-state index in [1.165, 1.54) is 21.6 Å². The topological polar surface area (TPSA) is 0 Å². The molecule has 0 N–H and O–H groups in total. The minimum atomic E-state index is -1.43. The van der Waals surface area contributed by atoms with E-state index in [9.17, 15) is 0 Å². The highest BCUT2D eigenvalue weighted by Gasteiger charge is 2.52. The fourth-order valence-corrected chi connectivity index (χ4v) is 5.41. The van der Waals surface area contributed by atoms with Crippen LogP contribution < -0.4 is 0 Å². The summed E-state index contributed by atoms with van der Waals surface area (Å²) < 4.78 is -2.83. The standard InChI is InChI=1S/C12H13Cl5S2/c1-2-6-10(13)11(14,15)12(16,17)19-18-9-7-4-3-5-8-9/h3-5,7-8,10H,2,6H2,1H3. The van der Waals surface area contributed by atoms with Gasteiger partial charge in [0.2, 0.25) is 3.67 Å². The van der Waals surface area contributed by atoms with Gasteiger partial charge in [0.05, 0.1) is 5.38 Å². The van der Waals surface area contributed by atoms with Gasteiger partial charge in [-0.3, -0.25) is 0 Å². The van der Waals surface area contributed by atoms with Crippen molar-refractivity contribution in [3.63, 3.8) is 0 Å². The highest BCUT2D eigenvalue weighted by atomic mass is 35.5. The lowest BCUT2D eigenvalue weighted by atomic mass is 10.2. The Morgan fingerprint density at radius 3 is 2.21 bits per heavy atom. The SMILES string of the molecule is CCCC(Cl)C(Cl)(Cl)C(Cl)(Cl)SSc1ccccc1. The predicted molar refractivity (Wildman–Crippen MR) is 93.3 cm³/mol. The highest BCUT2D eigenvalue weighted by Crippen LogP contribution is 2.58. The van der Waals surface area contributed by atoms with Gasteiger partial charge in [-0.15, -0.1) is 11.6 Å². The van der Waals surface area contributed by atoms with Gasteiger partial charge in [-0.2, -0.15) is 0 Å². The minimum absolute atomic E-state index is 0.514. The van der Waals surface area contributed by atoms with Gasteiger partial charge in [0.25, 0.3) is 0 Å². The van der Waals surface area contributed by atoms with E-state index < -0.39 is 13.4 Å². The van der Waals surface area contributed by atoms with Gasteiger partial charge in [0.1, 0.15) is 0 Å². The number of benzene rings is 1. The van der Waals surface area contributed by atoms with E-state index in [4.69, 9.17) is 58.0 Å². The Hall–Kier alpha value is 1.37. The fraction of sp³-hybridized carbons (Fsp3) is 0.500. The Balaban J connectivity index is 2.68. The molecule has 1 aromatic carbocycles. The molecule has 0 nitrogen and oxygen atoms in total. The maximum Gasteiger partial charge on any atom is 0.207 e. The molecule has 1 aromatic rings. The molecule has 0 fully saturated rings. The second kappa shape index (κ2) is 8.12. The van der Waals surface area contributed by atoms with Crippen LogP contribution in [0.2, 0.25) is 0 Å². The van der Waals surface area contributed by atoms with Crippen LogP contribution >= 0.6 is 79.6 Å². The van der Waals surface area contributed by atoms with E-state index in [0.717, 1.165) is 11.3 Å². The van der Waals surface area contributed by atoms with Gasteiger partial charge in [-0.05, 0) is 29.3 Å². The van der Waals surface area contributed by atoms with Crippen LogP contribution in [0.15, 0.2) is 35.2 Å². The molecule has 0 heterocycles. The number of alkyl halides is 5. The molecular weight excluding hydrogens is 386 g/mol. The number of hydrogen-bond donors (Lipinski definition) is 0. The molecule has 0 bridgehead atoms. The molecule has 0 spiro atoms. The summed E-state index contributed by atoms with van der Waals surface area (Å²) in [6.45, 7) is 2.00. The van der Waals surface area contributed by atoms with Crippen molar-refractivity contribution in [1.82, 2.24) is 0 Å². The van der Waals surface area contributed by atoms with E-state index in [2.05, 4.69) is 0 Å². The Labute approximate surface area is 147 Å². The van der Waals surface area contributed by atoms with Gasteiger partial charge in [-0.25, -0.2) is 0 Å². The van der Waals surface area contributed by atoms with E-state index in [1.54, 1.807) is 0 Å². The molecule has 0 saturated carbocycles. The van der Waals surface area contributed by atoms with Gasteiger partial charge in [0, 0.05) is 4.90 Å². The van der Waals surface area contributed by atoms with E-state index in [1.807, 2.05) is 37.3 Å². The lowest BCUT2D eigenvalue weighted by Crippen LogP contribution is -2.41. The Kier molecular flexibility index (Phi) is 7.87. The van der Waals surface area contributed by atoms with Crippen LogP contribution in [0.1, 0.15) is 19.8 Å². The molecule has 1 rings (SSSR count). The number of rotatable bonds is 7. The first-order valence-electron chi connectivity index (χ1n) is 5.61. The average molecular weight is 399 g/mol. The van der Waals surface area contributed by atoms with Crippen LogP contribution in [0.4, 0.5) is 0 Å². The zero-order chi connectivity index (χ0) is 14.5. The summed E-state index contributed by atoms with van der Waals surface area (Å²) in [6.07, 6.45) is 1.50. The smallest absolute Gasteiger partial charge is 0.120 e. The first-order valence-corrected chi connectivity index (χ1v) is 9.71. The van der Waals surface area contributed by atoms with Crippen LogP contribution in [-0.4, -0.2) is 13.4 Å². The fourth-order valence-electron chi connectivity index (χ4n) is 1.25. The molecule has 0 radical (unpaired) electrons. The molecule has 19 heavy (non-hydrogen) atoms. The third-order valence-electron chi connectivity index (χ3n) is 2.31. The summed E-state index contributed by atoms with van der Waals surface area (Å²) in [4.78, 5) is 1.02. The lowest BCUT2D eigenvalue weighted by molar-refractivity contribution is 0.657. The minimum Gasteiger partial charge on any atom is -0.120 e. The van der Waals surface area contributed by atoms with Crippen molar-refractivity contribution in [1.29, 1.82) is 0 Å². The maximum atomic E-state index is 6.27. The van der Waals surface area contributed by atoms with Crippen molar-refractivity contribution < 1.29 is 0 Å². The summed E-state index contributed by atoms with van der Waals surface area (Å²) in [7, 11) is 2.61. The first-order chi connectivity index (χ1) is 8.81. The van der Waals surface area contributed by atoms with Crippen LogP contribution in [0.5, 0.6) is 0 Å².